The molecule has 2 atom stereocenters. The van der Waals surface area contributed by atoms with E-state index < -0.39 is 5.82 Å². The van der Waals surface area contributed by atoms with Crippen molar-refractivity contribution in [2.24, 2.45) is 0 Å². The molecule has 0 aliphatic carbocycles. The van der Waals surface area contributed by atoms with Crippen molar-refractivity contribution in [3.8, 4) is 34.0 Å². The van der Waals surface area contributed by atoms with E-state index >= 15 is 4.39 Å². The summed E-state index contributed by atoms with van der Waals surface area (Å²) in [6.07, 6.45) is 9.61. The molecular weight excluding hydrogens is 563 g/mol. The number of aromatic nitrogens is 2. The standard InChI is InChI=1S/C35H30ClFN4O2/c1-2-3-4-7-20-12-22(15-25(42)13-20)31-30(36)17-29-33(32(31)37)39-34(28-16-26(43)14-21-8-5-6-9-27(21)28)40-35(29)41-18-23-10-11-24(19-41)38-23/h2-9,12-17,23-24,38,42-43H,10-11,18-19H2,1H3/b3-2-,7-4-. The molecular formula is C35H30ClFN4O2. The molecule has 7 rings (SSSR count). The second-order valence-electron chi connectivity index (χ2n) is 11.3. The van der Waals surface area contributed by atoms with Crippen LogP contribution in [-0.2, 0) is 0 Å². The number of nitrogens with one attached hydrogen (secondary N) is 1. The number of allylic oxidation sites excluding steroid dienone is 3. The van der Waals surface area contributed by atoms with Crippen molar-refractivity contribution in [1.29, 1.82) is 0 Å². The number of benzene rings is 4. The van der Waals surface area contributed by atoms with Crippen LogP contribution in [0, 0.1) is 5.82 Å². The molecule has 3 heterocycles. The second kappa shape index (κ2) is 11.0. The fourth-order valence-electron chi connectivity index (χ4n) is 6.41. The molecule has 2 aliphatic rings. The molecule has 2 fully saturated rings. The van der Waals surface area contributed by atoms with E-state index in [0.717, 1.165) is 36.7 Å². The highest BCUT2D eigenvalue weighted by atomic mass is 35.5. The molecule has 5 aromatic rings. The Labute approximate surface area is 253 Å². The van der Waals surface area contributed by atoms with Crippen molar-refractivity contribution in [3.63, 3.8) is 0 Å². The Bertz CT molecular complexity index is 1940. The number of nitrogens with zero attached hydrogens (tertiary/aromatic N) is 3. The minimum atomic E-state index is -0.594. The molecule has 1 aromatic heterocycles. The van der Waals surface area contributed by atoms with Gasteiger partial charge in [0.15, 0.2) is 11.6 Å². The number of fused-ring (bicyclic) bond motifs is 4. The molecule has 4 aromatic carbocycles. The number of phenolic OH excluding ortho intramolecular Hbond substituents is 2. The third-order valence-corrected chi connectivity index (χ3v) is 8.59. The summed E-state index contributed by atoms with van der Waals surface area (Å²) >= 11 is 6.84. The molecule has 0 spiro atoms. The van der Waals surface area contributed by atoms with Gasteiger partial charge in [0.05, 0.1) is 5.02 Å². The van der Waals surface area contributed by atoms with E-state index in [1.807, 2.05) is 55.5 Å². The summed E-state index contributed by atoms with van der Waals surface area (Å²) in [5, 5.41) is 27.2. The molecule has 43 heavy (non-hydrogen) atoms. The van der Waals surface area contributed by atoms with Crippen LogP contribution in [0.3, 0.4) is 0 Å². The van der Waals surface area contributed by atoms with Crippen LogP contribution in [-0.4, -0.2) is 45.4 Å². The fraction of sp³-hybridized carbons (Fsp3) is 0.200. The van der Waals surface area contributed by atoms with Crippen LogP contribution in [0.25, 0.3) is 50.3 Å². The largest absolute Gasteiger partial charge is 0.508 e. The fourth-order valence-corrected chi connectivity index (χ4v) is 6.71. The Morgan fingerprint density at radius 3 is 2.49 bits per heavy atom. The summed E-state index contributed by atoms with van der Waals surface area (Å²) in [5.74, 6) is 0.418. The lowest BCUT2D eigenvalue weighted by Crippen LogP contribution is -2.51. The van der Waals surface area contributed by atoms with Crippen LogP contribution in [0.5, 0.6) is 11.5 Å². The third kappa shape index (κ3) is 5.09. The molecule has 2 bridgehead atoms. The van der Waals surface area contributed by atoms with Crippen LogP contribution in [0.15, 0.2) is 78.9 Å². The predicted molar refractivity (Wildman–Crippen MR) is 172 cm³/mol. The number of hydrogen-bond acceptors (Lipinski definition) is 6. The quantitative estimate of drug-likeness (QED) is 0.180. The minimum Gasteiger partial charge on any atom is -0.508 e. The molecule has 6 nitrogen and oxygen atoms in total. The maximum Gasteiger partial charge on any atom is 0.163 e. The first-order valence-electron chi connectivity index (χ1n) is 14.4. The van der Waals surface area contributed by atoms with Crippen LogP contribution in [0.4, 0.5) is 10.2 Å². The van der Waals surface area contributed by atoms with Crippen molar-refractivity contribution < 1.29 is 14.6 Å². The Hall–Kier alpha value is -4.46. The van der Waals surface area contributed by atoms with E-state index in [-0.39, 0.29) is 27.6 Å². The van der Waals surface area contributed by atoms with E-state index in [4.69, 9.17) is 21.6 Å². The average molecular weight is 593 g/mol. The molecule has 0 saturated carbocycles. The molecule has 216 valence electrons. The zero-order valence-corrected chi connectivity index (χ0v) is 24.3. The predicted octanol–water partition coefficient (Wildman–Crippen LogP) is 7.85. The van der Waals surface area contributed by atoms with E-state index in [2.05, 4.69) is 10.2 Å². The van der Waals surface area contributed by atoms with Gasteiger partial charge in [-0.3, -0.25) is 0 Å². The highest BCUT2D eigenvalue weighted by Gasteiger charge is 2.34. The first kappa shape index (κ1) is 27.4. The van der Waals surface area contributed by atoms with Gasteiger partial charge in [0.25, 0.3) is 0 Å². The van der Waals surface area contributed by atoms with Crippen LogP contribution in [0.1, 0.15) is 25.3 Å². The van der Waals surface area contributed by atoms with Crippen molar-refractivity contribution in [3.05, 3.63) is 95.3 Å². The topological polar surface area (TPSA) is 81.5 Å². The van der Waals surface area contributed by atoms with E-state index in [1.54, 1.807) is 30.3 Å². The molecule has 8 heteroatoms. The van der Waals surface area contributed by atoms with Gasteiger partial charge in [0, 0.05) is 41.7 Å². The Morgan fingerprint density at radius 1 is 0.930 bits per heavy atom. The highest BCUT2D eigenvalue weighted by Crippen LogP contribution is 2.42. The molecule has 3 N–H and O–H groups in total. The molecule has 2 aliphatic heterocycles. The number of rotatable bonds is 5. The zero-order valence-electron chi connectivity index (χ0n) is 23.6. The second-order valence-corrected chi connectivity index (χ2v) is 11.7. The number of hydrogen-bond donors (Lipinski definition) is 3. The van der Waals surface area contributed by atoms with Gasteiger partial charge >= 0.3 is 0 Å². The van der Waals surface area contributed by atoms with E-state index in [1.165, 1.54) is 6.07 Å². The van der Waals surface area contributed by atoms with E-state index in [0.29, 0.717) is 45.8 Å². The summed E-state index contributed by atoms with van der Waals surface area (Å²) in [6.45, 7) is 3.38. The van der Waals surface area contributed by atoms with Crippen LogP contribution < -0.4 is 10.2 Å². The van der Waals surface area contributed by atoms with Gasteiger partial charge in [-0.25, -0.2) is 14.4 Å². The van der Waals surface area contributed by atoms with Crippen LogP contribution in [0.2, 0.25) is 5.02 Å². The summed E-state index contributed by atoms with van der Waals surface area (Å²) in [7, 11) is 0. The van der Waals surface area contributed by atoms with Gasteiger partial charge in [-0.05, 0) is 78.1 Å². The smallest absolute Gasteiger partial charge is 0.163 e. The summed E-state index contributed by atoms with van der Waals surface area (Å²) in [5.41, 5.74) is 2.04. The number of piperazine rings is 1. The summed E-state index contributed by atoms with van der Waals surface area (Å²) < 4.78 is 16.8. The van der Waals surface area contributed by atoms with Gasteiger partial charge in [-0.2, -0.15) is 0 Å². The maximum atomic E-state index is 16.8. The minimum absolute atomic E-state index is 0.000204. The summed E-state index contributed by atoms with van der Waals surface area (Å²) in [6, 6.07) is 18.3. The van der Waals surface area contributed by atoms with Gasteiger partial charge < -0.3 is 20.4 Å². The van der Waals surface area contributed by atoms with Crippen molar-refractivity contribution in [2.45, 2.75) is 31.8 Å². The average Bonchev–Trinajstić information content (AvgIpc) is 3.33. The number of halogens is 2. The first-order chi connectivity index (χ1) is 20.9. The van der Waals surface area contributed by atoms with Gasteiger partial charge in [-0.1, -0.05) is 60.2 Å². The number of anilines is 1. The van der Waals surface area contributed by atoms with Gasteiger partial charge in [0.2, 0.25) is 0 Å². The lowest BCUT2D eigenvalue weighted by atomic mass is 9.99. The van der Waals surface area contributed by atoms with Gasteiger partial charge in [-0.15, -0.1) is 0 Å². The molecule has 0 radical (unpaired) electrons. The van der Waals surface area contributed by atoms with Crippen LogP contribution >= 0.6 is 11.6 Å². The van der Waals surface area contributed by atoms with Crippen molar-refractivity contribution >= 4 is 45.2 Å². The number of phenols is 2. The Kier molecular flexibility index (Phi) is 7.00. The lowest BCUT2D eigenvalue weighted by molar-refractivity contribution is 0.464. The van der Waals surface area contributed by atoms with Crippen molar-refractivity contribution in [2.75, 3.05) is 18.0 Å². The van der Waals surface area contributed by atoms with Gasteiger partial charge in [0.1, 0.15) is 22.8 Å². The Balaban J connectivity index is 1.48. The Morgan fingerprint density at radius 2 is 1.70 bits per heavy atom. The third-order valence-electron chi connectivity index (χ3n) is 8.29. The SMILES string of the molecule is C/C=C\C=C/c1cc(O)cc(-c2c(Cl)cc3c(N4CC5CCC(C4)N5)nc(-c4cc(O)cc5ccccc45)nc3c2F)c1. The van der Waals surface area contributed by atoms with Crippen molar-refractivity contribution in [1.82, 2.24) is 15.3 Å². The highest BCUT2D eigenvalue weighted by molar-refractivity contribution is 6.34. The monoisotopic (exact) mass is 592 g/mol. The molecule has 2 unspecified atom stereocenters. The van der Waals surface area contributed by atoms with E-state index in [9.17, 15) is 10.2 Å². The molecule has 0 amide bonds. The lowest BCUT2D eigenvalue weighted by Gasteiger charge is -2.34. The first-order valence-corrected chi connectivity index (χ1v) is 14.8. The number of aromatic hydroxyl groups is 2. The zero-order chi connectivity index (χ0) is 29.7. The summed E-state index contributed by atoms with van der Waals surface area (Å²) in [4.78, 5) is 12.0. The normalized spacial score (nSPS) is 18.5. The maximum absolute atomic E-state index is 16.8. The molecule has 2 saturated heterocycles.